The lowest BCUT2D eigenvalue weighted by molar-refractivity contribution is 0.309. The fraction of sp³-hybridized carbons (Fsp3) is 0.733. The largest absolute Gasteiger partial charge is 0.464 e. The molecule has 24 heavy (non-hydrogen) atoms. The summed E-state index contributed by atoms with van der Waals surface area (Å²) in [6, 6.07) is 2.33. The molecule has 0 aliphatic carbocycles. The van der Waals surface area contributed by atoms with E-state index in [9.17, 15) is 4.57 Å². The lowest BCUT2D eigenvalue weighted by Crippen LogP contribution is -2.02. The molecular formula is C15H27N2O3PS3. The molecule has 1 unspecified atom stereocenters. The van der Waals surface area contributed by atoms with E-state index in [1.165, 1.54) is 22.8 Å². The Morgan fingerprint density at radius 3 is 2.50 bits per heavy atom. The van der Waals surface area contributed by atoms with Gasteiger partial charge in [0.15, 0.2) is 0 Å². The summed E-state index contributed by atoms with van der Waals surface area (Å²) < 4.78 is 23.8. The highest BCUT2D eigenvalue weighted by Crippen LogP contribution is 2.70. The predicted molar refractivity (Wildman–Crippen MR) is 107 cm³/mol. The third kappa shape index (κ3) is 8.48. The molecule has 0 saturated carbocycles. The average Bonchev–Trinajstić information content (AvgIpc) is 2.51. The van der Waals surface area contributed by atoms with Gasteiger partial charge in [0.1, 0.15) is 5.03 Å². The zero-order valence-corrected chi connectivity index (χ0v) is 18.3. The quantitative estimate of drug-likeness (QED) is 0.240. The van der Waals surface area contributed by atoms with Crippen LogP contribution in [0.5, 0.6) is 6.01 Å². The summed E-state index contributed by atoms with van der Waals surface area (Å²) in [5, 5.41) is 1.30. The van der Waals surface area contributed by atoms with Crippen LogP contribution in [0.2, 0.25) is 0 Å². The van der Waals surface area contributed by atoms with Crippen LogP contribution >= 0.6 is 40.3 Å². The molecule has 0 N–H and O–H groups in total. The molecule has 1 atom stereocenters. The van der Waals surface area contributed by atoms with Crippen molar-refractivity contribution in [2.24, 2.45) is 0 Å². The van der Waals surface area contributed by atoms with Crippen molar-refractivity contribution in [3.63, 3.8) is 0 Å². The Morgan fingerprint density at radius 2 is 1.92 bits per heavy atom. The second-order valence-electron chi connectivity index (χ2n) is 5.05. The molecule has 0 aromatic carbocycles. The molecule has 0 saturated heterocycles. The van der Waals surface area contributed by atoms with Gasteiger partial charge in [-0.15, -0.1) is 11.8 Å². The van der Waals surface area contributed by atoms with Gasteiger partial charge in [-0.3, -0.25) is 4.57 Å². The molecule has 0 aliphatic rings. The molecule has 0 fully saturated rings. The fourth-order valence-electron chi connectivity index (χ4n) is 1.64. The van der Waals surface area contributed by atoms with E-state index in [2.05, 4.69) is 30.7 Å². The van der Waals surface area contributed by atoms with Gasteiger partial charge < -0.3 is 9.26 Å². The Hall–Kier alpha value is 0.120. The van der Waals surface area contributed by atoms with Crippen molar-refractivity contribution in [1.29, 1.82) is 0 Å². The Bertz CT molecular complexity index is 547. The monoisotopic (exact) mass is 410 g/mol. The van der Waals surface area contributed by atoms with Crippen LogP contribution in [0.1, 0.15) is 46.7 Å². The molecule has 0 spiro atoms. The maximum absolute atomic E-state index is 12.8. The van der Waals surface area contributed by atoms with E-state index in [-0.39, 0.29) is 0 Å². The van der Waals surface area contributed by atoms with Gasteiger partial charge in [0.05, 0.1) is 18.9 Å². The second kappa shape index (κ2) is 11.7. The zero-order valence-electron chi connectivity index (χ0n) is 15.0. The molecule has 138 valence electrons. The van der Waals surface area contributed by atoms with Crippen molar-refractivity contribution < 1.29 is 13.8 Å². The third-order valence-corrected chi connectivity index (χ3v) is 11.0. The van der Waals surface area contributed by atoms with Crippen molar-refractivity contribution in [3.8, 4) is 6.01 Å². The highest BCUT2D eigenvalue weighted by molar-refractivity contribution is 8.89. The molecule has 1 heterocycles. The summed E-state index contributed by atoms with van der Waals surface area (Å²) in [4.78, 5) is 8.83. The van der Waals surface area contributed by atoms with Crippen LogP contribution in [0.25, 0.3) is 0 Å². The minimum atomic E-state index is -2.75. The van der Waals surface area contributed by atoms with Crippen molar-refractivity contribution in [1.82, 2.24) is 9.97 Å². The van der Waals surface area contributed by atoms with Crippen LogP contribution in [-0.4, -0.2) is 34.2 Å². The van der Waals surface area contributed by atoms with Crippen LogP contribution in [0, 0.1) is 0 Å². The molecule has 1 rings (SSSR count). The van der Waals surface area contributed by atoms with E-state index in [1.807, 2.05) is 19.9 Å². The van der Waals surface area contributed by atoms with Crippen molar-refractivity contribution >= 4 is 40.3 Å². The number of thioether (sulfide) groups is 1. The lowest BCUT2D eigenvalue weighted by atomic mass is 10.5. The number of rotatable bonds is 12. The topological polar surface area (TPSA) is 61.3 Å². The third-order valence-electron chi connectivity index (χ3n) is 2.48. The number of aromatic nitrogens is 2. The Labute approximate surface area is 157 Å². The van der Waals surface area contributed by atoms with Gasteiger partial charge in [0.2, 0.25) is 0 Å². The van der Waals surface area contributed by atoms with E-state index < -0.39 is 5.77 Å². The maximum atomic E-state index is 12.8. The van der Waals surface area contributed by atoms with Gasteiger partial charge in [-0.1, -0.05) is 43.5 Å². The van der Waals surface area contributed by atoms with Gasteiger partial charge in [0, 0.05) is 16.8 Å². The highest BCUT2D eigenvalue weighted by atomic mass is 33.1. The number of hydrogen-bond acceptors (Lipinski definition) is 8. The van der Waals surface area contributed by atoms with Gasteiger partial charge >= 0.3 is 11.8 Å². The van der Waals surface area contributed by atoms with Crippen LogP contribution in [0.4, 0.5) is 0 Å². The second-order valence-corrected chi connectivity index (χ2v) is 14.1. The summed E-state index contributed by atoms with van der Waals surface area (Å²) in [5.41, 5.74) is 0.818. The maximum Gasteiger partial charge on any atom is 0.317 e. The van der Waals surface area contributed by atoms with Crippen LogP contribution in [0.3, 0.4) is 0 Å². The molecule has 0 amide bonds. The number of ether oxygens (including phenoxy) is 1. The highest BCUT2D eigenvalue weighted by Gasteiger charge is 2.24. The molecule has 1 aromatic rings. The standard InChI is InChI=1S/C15H27N2O3PS3/c1-6-9-22-21(18,20-8-3)23-11-13-10-14(24-12(4)5)17-15(16-13)19-7-2/h10,12H,6-9,11H2,1-5H3. The molecular weight excluding hydrogens is 383 g/mol. The van der Waals surface area contributed by atoms with E-state index in [4.69, 9.17) is 9.26 Å². The Morgan fingerprint density at radius 1 is 1.17 bits per heavy atom. The summed E-state index contributed by atoms with van der Waals surface area (Å²) >= 11 is 4.41. The van der Waals surface area contributed by atoms with E-state index in [0.717, 1.165) is 22.9 Å². The summed E-state index contributed by atoms with van der Waals surface area (Å²) in [6.45, 7) is 11.1. The van der Waals surface area contributed by atoms with Gasteiger partial charge in [-0.25, -0.2) is 0 Å². The first-order chi connectivity index (χ1) is 11.4. The lowest BCUT2D eigenvalue weighted by Gasteiger charge is -2.16. The average molecular weight is 411 g/mol. The number of hydrogen-bond donors (Lipinski definition) is 0. The van der Waals surface area contributed by atoms with Gasteiger partial charge in [-0.2, -0.15) is 9.97 Å². The first-order valence-corrected chi connectivity index (χ1v) is 13.8. The SMILES string of the molecule is CCCSP(=O)(OCC)SCc1cc(SC(C)C)nc(OCC)n1. The van der Waals surface area contributed by atoms with Gasteiger partial charge in [-0.05, 0) is 26.3 Å². The molecule has 0 bridgehead atoms. The predicted octanol–water partition coefficient (Wildman–Crippen LogP) is 5.90. The van der Waals surface area contributed by atoms with Crippen molar-refractivity contribution in [2.45, 2.75) is 57.1 Å². The minimum Gasteiger partial charge on any atom is -0.464 e. The van der Waals surface area contributed by atoms with Gasteiger partial charge in [0.25, 0.3) is 0 Å². The van der Waals surface area contributed by atoms with Crippen LogP contribution in [-0.2, 0) is 14.8 Å². The minimum absolute atomic E-state index is 0.381. The first kappa shape index (κ1) is 22.2. The Balaban J connectivity index is 2.86. The summed E-state index contributed by atoms with van der Waals surface area (Å²) in [7, 11) is 0. The molecule has 9 heteroatoms. The smallest absolute Gasteiger partial charge is 0.317 e. The van der Waals surface area contributed by atoms with Crippen LogP contribution < -0.4 is 4.74 Å². The van der Waals surface area contributed by atoms with E-state index in [1.54, 1.807) is 11.8 Å². The Kier molecular flexibility index (Phi) is 10.8. The molecule has 5 nitrogen and oxygen atoms in total. The normalized spacial score (nSPS) is 13.9. The van der Waals surface area contributed by atoms with Crippen molar-refractivity contribution in [2.75, 3.05) is 19.0 Å². The first-order valence-electron chi connectivity index (χ1n) is 8.13. The molecule has 0 aliphatic heterocycles. The number of nitrogens with zero attached hydrogens (tertiary/aromatic N) is 2. The van der Waals surface area contributed by atoms with Crippen molar-refractivity contribution in [3.05, 3.63) is 11.8 Å². The van der Waals surface area contributed by atoms with E-state index >= 15 is 0 Å². The molecule has 1 aromatic heterocycles. The zero-order chi connectivity index (χ0) is 18.0. The fourth-order valence-corrected chi connectivity index (χ4v) is 9.05. The molecule has 0 radical (unpaired) electrons. The van der Waals surface area contributed by atoms with E-state index in [0.29, 0.717) is 30.2 Å². The summed E-state index contributed by atoms with van der Waals surface area (Å²) in [6.07, 6.45) is 0.972. The van der Waals surface area contributed by atoms with Crippen LogP contribution in [0.15, 0.2) is 11.1 Å². The summed E-state index contributed by atoms with van der Waals surface area (Å²) in [5.74, 6) is -1.41.